The first-order valence-electron chi connectivity index (χ1n) is 11.5. The fourth-order valence-corrected chi connectivity index (χ4v) is 4.95. The molecular weight excluding hydrogens is 438 g/mol. The monoisotopic (exact) mass is 469 g/mol. The molecule has 7 heteroatoms. The molecule has 3 heterocycles. The molecule has 5 rings (SSSR count). The predicted octanol–water partition coefficient (Wildman–Crippen LogP) is 4.88. The lowest BCUT2D eigenvalue weighted by Crippen LogP contribution is -2.35. The van der Waals surface area contributed by atoms with Crippen molar-refractivity contribution in [3.05, 3.63) is 53.7 Å². The molecule has 0 radical (unpaired) electrons. The van der Waals surface area contributed by atoms with Gasteiger partial charge in [-0.25, -0.2) is 0 Å². The standard InChI is InChI=1S/C26H31N3O3.ClH/c1-18-10-12-28(13-11-18)14-15-32-24-16-19(8-9-23(24)31-3)29-17-22-25(26(29)30)20-6-4-5-7-21(20)27(22)2;/h4-9,16,18H,10-15,17H2,1-3H3;1H. The summed E-state index contributed by atoms with van der Waals surface area (Å²) >= 11 is 0. The van der Waals surface area contributed by atoms with Crippen LogP contribution in [0.25, 0.3) is 10.9 Å². The number of para-hydroxylation sites is 1. The van der Waals surface area contributed by atoms with E-state index < -0.39 is 0 Å². The van der Waals surface area contributed by atoms with Crippen molar-refractivity contribution in [1.82, 2.24) is 9.47 Å². The first-order chi connectivity index (χ1) is 15.6. The maximum absolute atomic E-state index is 13.4. The molecule has 0 aliphatic carbocycles. The van der Waals surface area contributed by atoms with Gasteiger partial charge in [0.15, 0.2) is 11.5 Å². The third-order valence-corrected chi connectivity index (χ3v) is 7.00. The smallest absolute Gasteiger partial charge is 0.261 e. The van der Waals surface area contributed by atoms with Gasteiger partial charge in [0, 0.05) is 36.2 Å². The van der Waals surface area contributed by atoms with E-state index in [9.17, 15) is 4.79 Å². The molecule has 1 amide bonds. The van der Waals surface area contributed by atoms with Gasteiger partial charge in [-0.1, -0.05) is 25.1 Å². The van der Waals surface area contributed by atoms with Crippen LogP contribution in [-0.4, -0.2) is 48.7 Å². The van der Waals surface area contributed by atoms with Crippen LogP contribution in [0.5, 0.6) is 11.5 Å². The zero-order valence-electron chi connectivity index (χ0n) is 19.5. The SMILES string of the molecule is COc1ccc(N2Cc3c(c4ccccc4n3C)C2=O)cc1OCCN1CCC(C)CC1.Cl. The number of anilines is 1. The summed E-state index contributed by atoms with van der Waals surface area (Å²) in [6.07, 6.45) is 2.51. The summed E-state index contributed by atoms with van der Waals surface area (Å²) in [7, 11) is 3.68. The molecule has 2 aliphatic heterocycles. The molecule has 6 nitrogen and oxygen atoms in total. The molecular formula is C26H32ClN3O3. The average Bonchev–Trinajstić information content (AvgIpc) is 3.30. The number of rotatable bonds is 6. The minimum absolute atomic E-state index is 0. The fraction of sp³-hybridized carbons (Fsp3) is 0.423. The van der Waals surface area contributed by atoms with Crippen molar-refractivity contribution >= 4 is 34.9 Å². The highest BCUT2D eigenvalue weighted by Crippen LogP contribution is 2.38. The van der Waals surface area contributed by atoms with Crippen LogP contribution in [0.4, 0.5) is 5.69 Å². The number of benzene rings is 2. The Balaban J connectivity index is 0.00000259. The zero-order chi connectivity index (χ0) is 22.2. The predicted molar refractivity (Wildman–Crippen MR) is 134 cm³/mol. The molecule has 176 valence electrons. The fourth-order valence-electron chi connectivity index (χ4n) is 4.95. The molecule has 1 aromatic heterocycles. The number of likely N-dealkylation sites (tertiary alicyclic amines) is 1. The number of ether oxygens (including phenoxy) is 2. The minimum Gasteiger partial charge on any atom is -0.493 e. The van der Waals surface area contributed by atoms with Crippen molar-refractivity contribution in [2.24, 2.45) is 13.0 Å². The number of piperidine rings is 1. The van der Waals surface area contributed by atoms with Crippen LogP contribution in [0.1, 0.15) is 35.8 Å². The second-order valence-corrected chi connectivity index (χ2v) is 9.00. The van der Waals surface area contributed by atoms with E-state index in [-0.39, 0.29) is 18.3 Å². The zero-order valence-corrected chi connectivity index (χ0v) is 20.4. The van der Waals surface area contributed by atoms with E-state index in [1.807, 2.05) is 48.3 Å². The number of halogens is 1. The summed E-state index contributed by atoms with van der Waals surface area (Å²) in [5.41, 5.74) is 3.78. The Labute approximate surface area is 201 Å². The molecule has 2 aromatic carbocycles. The number of amides is 1. The lowest BCUT2D eigenvalue weighted by atomic mass is 9.99. The van der Waals surface area contributed by atoms with Gasteiger partial charge in [0.2, 0.25) is 0 Å². The summed E-state index contributed by atoms with van der Waals surface area (Å²) in [6.45, 7) is 6.65. The van der Waals surface area contributed by atoms with E-state index >= 15 is 0 Å². The van der Waals surface area contributed by atoms with Gasteiger partial charge < -0.3 is 18.9 Å². The highest BCUT2D eigenvalue weighted by atomic mass is 35.5. The third-order valence-electron chi connectivity index (χ3n) is 7.00. The topological polar surface area (TPSA) is 46.9 Å². The van der Waals surface area contributed by atoms with Crippen LogP contribution < -0.4 is 14.4 Å². The number of nitrogens with zero attached hydrogens (tertiary/aromatic N) is 3. The molecule has 33 heavy (non-hydrogen) atoms. The number of carbonyl (C=O) groups excluding carboxylic acids is 1. The maximum atomic E-state index is 13.4. The average molecular weight is 470 g/mol. The third kappa shape index (κ3) is 4.30. The molecule has 3 aromatic rings. The Morgan fingerprint density at radius 1 is 1.06 bits per heavy atom. The first kappa shape index (κ1) is 23.5. The van der Waals surface area contributed by atoms with Gasteiger partial charge >= 0.3 is 0 Å². The summed E-state index contributed by atoms with van der Waals surface area (Å²) < 4.78 is 13.8. The van der Waals surface area contributed by atoms with Crippen molar-refractivity contribution in [3.8, 4) is 11.5 Å². The van der Waals surface area contributed by atoms with Crippen LogP contribution in [0, 0.1) is 5.92 Å². The minimum atomic E-state index is 0. The van der Waals surface area contributed by atoms with Gasteiger partial charge in [0.1, 0.15) is 6.61 Å². The van der Waals surface area contributed by atoms with Gasteiger partial charge in [0.25, 0.3) is 5.91 Å². The number of hydrogen-bond acceptors (Lipinski definition) is 4. The van der Waals surface area contributed by atoms with Crippen molar-refractivity contribution in [2.45, 2.75) is 26.3 Å². The van der Waals surface area contributed by atoms with E-state index in [1.165, 1.54) is 12.8 Å². The van der Waals surface area contributed by atoms with Crippen LogP contribution in [0.2, 0.25) is 0 Å². The van der Waals surface area contributed by atoms with E-state index in [1.54, 1.807) is 7.11 Å². The molecule has 0 bridgehead atoms. The number of carbonyl (C=O) groups is 1. The van der Waals surface area contributed by atoms with E-state index in [4.69, 9.17) is 9.47 Å². The van der Waals surface area contributed by atoms with E-state index in [2.05, 4.69) is 22.5 Å². The number of aromatic nitrogens is 1. The molecule has 1 saturated heterocycles. The molecule has 0 N–H and O–H groups in total. The molecule has 0 spiro atoms. The van der Waals surface area contributed by atoms with Gasteiger partial charge in [-0.3, -0.25) is 9.69 Å². The van der Waals surface area contributed by atoms with E-state index in [0.29, 0.717) is 24.7 Å². The quantitative estimate of drug-likeness (QED) is 0.516. The van der Waals surface area contributed by atoms with E-state index in [0.717, 1.165) is 53.4 Å². The van der Waals surface area contributed by atoms with Crippen molar-refractivity contribution in [2.75, 3.05) is 38.3 Å². The van der Waals surface area contributed by atoms with Crippen LogP contribution in [0.3, 0.4) is 0 Å². The summed E-state index contributed by atoms with van der Waals surface area (Å²) in [5, 5.41) is 1.01. The lowest BCUT2D eigenvalue weighted by molar-refractivity contribution is 0.0998. The summed E-state index contributed by atoms with van der Waals surface area (Å²) in [4.78, 5) is 17.7. The Bertz CT molecular complexity index is 1150. The number of hydrogen-bond donors (Lipinski definition) is 0. The van der Waals surface area contributed by atoms with Crippen LogP contribution in [-0.2, 0) is 13.6 Å². The Morgan fingerprint density at radius 2 is 1.82 bits per heavy atom. The molecule has 1 fully saturated rings. The largest absolute Gasteiger partial charge is 0.493 e. The Morgan fingerprint density at radius 3 is 2.58 bits per heavy atom. The highest BCUT2D eigenvalue weighted by molar-refractivity contribution is 6.18. The number of fused-ring (bicyclic) bond motifs is 3. The Hall–Kier alpha value is -2.70. The number of methoxy groups -OCH3 is 1. The van der Waals surface area contributed by atoms with Gasteiger partial charge in [-0.05, 0) is 50.0 Å². The van der Waals surface area contributed by atoms with Crippen molar-refractivity contribution < 1.29 is 14.3 Å². The second-order valence-electron chi connectivity index (χ2n) is 9.00. The number of aryl methyl sites for hydroxylation is 1. The highest BCUT2D eigenvalue weighted by Gasteiger charge is 2.34. The first-order valence-corrected chi connectivity index (χ1v) is 11.5. The molecule has 0 saturated carbocycles. The Kier molecular flexibility index (Phi) is 6.86. The normalized spacial score (nSPS) is 16.7. The summed E-state index contributed by atoms with van der Waals surface area (Å²) in [5.74, 6) is 2.23. The van der Waals surface area contributed by atoms with Crippen molar-refractivity contribution in [1.29, 1.82) is 0 Å². The van der Waals surface area contributed by atoms with Gasteiger partial charge in [0.05, 0.1) is 24.9 Å². The maximum Gasteiger partial charge on any atom is 0.261 e. The van der Waals surface area contributed by atoms with Gasteiger partial charge in [-0.15, -0.1) is 12.4 Å². The molecule has 0 unspecified atom stereocenters. The molecule has 2 aliphatic rings. The second kappa shape index (κ2) is 9.65. The lowest BCUT2D eigenvalue weighted by Gasteiger charge is -2.30. The van der Waals surface area contributed by atoms with Crippen molar-refractivity contribution in [3.63, 3.8) is 0 Å². The van der Waals surface area contributed by atoms with Crippen LogP contribution >= 0.6 is 12.4 Å². The molecule has 0 atom stereocenters. The van der Waals surface area contributed by atoms with Crippen LogP contribution in [0.15, 0.2) is 42.5 Å². The van der Waals surface area contributed by atoms with Gasteiger partial charge in [-0.2, -0.15) is 0 Å². The summed E-state index contributed by atoms with van der Waals surface area (Å²) in [6, 6.07) is 13.8.